The molecule has 1 saturated heterocycles. The zero-order valence-corrected chi connectivity index (χ0v) is 28.1. The molecule has 2 aliphatic heterocycles. The van der Waals surface area contributed by atoms with Crippen LogP contribution in [0, 0.1) is 5.82 Å². The molecule has 256 valence electrons. The van der Waals surface area contributed by atoms with Crippen LogP contribution in [0.15, 0.2) is 41.3 Å². The Morgan fingerprint density at radius 1 is 1.17 bits per heavy atom. The van der Waals surface area contributed by atoms with Crippen molar-refractivity contribution in [2.75, 3.05) is 13.2 Å². The zero-order chi connectivity index (χ0) is 34.4. The number of fused-ring (bicyclic) bond motifs is 1. The molecule has 5 heterocycles. The van der Waals surface area contributed by atoms with E-state index in [-0.39, 0.29) is 36.5 Å². The standard InChI is InChI=1S/C31H34BrF4N9O3/c1-30(2,17-44-23(13-25(41-44)31(34,35)36)22-15-38-45(40-22)26-6-4-5-11-48-26)39-28(46)24(12-18-14-37-42(3)16-18)43-10-9-19-20(32)7-8-21(33)27(19)29(43)47/h7-8,13-16,24,26H,4-6,9-12,17H2,1-3H3,(H,39,46)/t24-,26?/m1/s1. The number of benzene rings is 1. The molecule has 17 heteroatoms. The molecule has 1 fully saturated rings. The SMILES string of the molecule is Cn1cc(C[C@H](C(=O)NC(C)(C)Cn2nc(C(F)(F)F)cc2-c2cnn(C3CCCCO3)n2)N2CCc3c(Br)ccc(F)c3C2=O)cn1. The lowest BCUT2D eigenvalue weighted by Crippen LogP contribution is -2.58. The number of nitrogens with one attached hydrogen (secondary N) is 1. The van der Waals surface area contributed by atoms with E-state index < -0.39 is 47.3 Å². The molecule has 1 unspecified atom stereocenters. The van der Waals surface area contributed by atoms with Gasteiger partial charge in [-0.05, 0) is 68.9 Å². The van der Waals surface area contributed by atoms with Gasteiger partial charge in [0.2, 0.25) is 5.91 Å². The number of rotatable bonds is 9. The molecule has 0 spiro atoms. The Morgan fingerprint density at radius 3 is 2.65 bits per heavy atom. The average molecular weight is 737 g/mol. The number of alkyl halides is 3. The number of nitrogens with zero attached hydrogens (tertiary/aromatic N) is 8. The molecule has 0 saturated carbocycles. The maximum atomic E-state index is 15.0. The van der Waals surface area contributed by atoms with Gasteiger partial charge < -0.3 is 15.0 Å². The van der Waals surface area contributed by atoms with E-state index in [2.05, 4.69) is 41.6 Å². The number of carbonyl (C=O) groups excluding carboxylic acids is 2. The number of aryl methyl sites for hydroxylation is 1. The number of hydrogen-bond donors (Lipinski definition) is 1. The Labute approximate surface area is 281 Å². The second-order valence-corrected chi connectivity index (χ2v) is 13.5. The fourth-order valence-corrected chi connectivity index (χ4v) is 6.67. The van der Waals surface area contributed by atoms with Gasteiger partial charge in [0.15, 0.2) is 11.9 Å². The highest BCUT2D eigenvalue weighted by Gasteiger charge is 2.40. The third-order valence-electron chi connectivity index (χ3n) is 8.41. The molecule has 0 radical (unpaired) electrons. The number of hydrogen-bond acceptors (Lipinski definition) is 7. The Morgan fingerprint density at radius 2 is 1.96 bits per heavy atom. The van der Waals surface area contributed by atoms with E-state index in [4.69, 9.17) is 4.74 Å². The van der Waals surface area contributed by atoms with Gasteiger partial charge in [-0.3, -0.25) is 19.0 Å². The highest BCUT2D eigenvalue weighted by Crippen LogP contribution is 2.33. The van der Waals surface area contributed by atoms with Crippen LogP contribution >= 0.6 is 15.9 Å². The smallest absolute Gasteiger partial charge is 0.355 e. The van der Waals surface area contributed by atoms with Crippen molar-refractivity contribution >= 4 is 27.7 Å². The van der Waals surface area contributed by atoms with Crippen molar-refractivity contribution in [3.05, 3.63) is 69.5 Å². The normalized spacial score (nSPS) is 17.8. The summed E-state index contributed by atoms with van der Waals surface area (Å²) in [6.07, 6.45) is 2.37. The van der Waals surface area contributed by atoms with E-state index in [1.165, 1.54) is 28.0 Å². The van der Waals surface area contributed by atoms with Crippen molar-refractivity contribution in [2.24, 2.45) is 7.05 Å². The highest BCUT2D eigenvalue weighted by atomic mass is 79.9. The molecule has 1 aromatic carbocycles. The predicted octanol–water partition coefficient (Wildman–Crippen LogP) is 4.70. The van der Waals surface area contributed by atoms with Gasteiger partial charge in [0.25, 0.3) is 5.91 Å². The molecule has 3 aromatic heterocycles. The van der Waals surface area contributed by atoms with Crippen LogP contribution in [0.5, 0.6) is 0 Å². The second kappa shape index (κ2) is 13.1. The summed E-state index contributed by atoms with van der Waals surface area (Å²) < 4.78 is 65.6. The number of halogens is 5. The number of aromatic nitrogens is 7. The van der Waals surface area contributed by atoms with Crippen LogP contribution < -0.4 is 5.32 Å². The van der Waals surface area contributed by atoms with E-state index in [1.807, 2.05) is 0 Å². The Kier molecular flexibility index (Phi) is 9.19. The molecule has 2 amide bonds. The highest BCUT2D eigenvalue weighted by molar-refractivity contribution is 9.10. The van der Waals surface area contributed by atoms with Crippen LogP contribution in [0.25, 0.3) is 11.4 Å². The van der Waals surface area contributed by atoms with Crippen LogP contribution in [0.3, 0.4) is 0 Å². The van der Waals surface area contributed by atoms with Gasteiger partial charge in [-0.2, -0.15) is 33.3 Å². The molecule has 0 bridgehead atoms. The maximum Gasteiger partial charge on any atom is 0.435 e. The summed E-state index contributed by atoms with van der Waals surface area (Å²) in [7, 11) is 1.72. The third-order valence-corrected chi connectivity index (χ3v) is 9.15. The minimum atomic E-state index is -4.74. The fraction of sp³-hybridized carbons (Fsp3) is 0.484. The summed E-state index contributed by atoms with van der Waals surface area (Å²) in [5, 5.41) is 19.6. The quantitative estimate of drug-likeness (QED) is 0.247. The van der Waals surface area contributed by atoms with Gasteiger partial charge in [0.05, 0.1) is 35.7 Å². The first kappa shape index (κ1) is 33.8. The topological polar surface area (TPSA) is 125 Å². The third kappa shape index (κ3) is 7.02. The zero-order valence-electron chi connectivity index (χ0n) is 26.5. The van der Waals surface area contributed by atoms with Crippen molar-refractivity contribution < 1.29 is 31.9 Å². The molecule has 2 atom stereocenters. The van der Waals surface area contributed by atoms with Gasteiger partial charge >= 0.3 is 6.18 Å². The van der Waals surface area contributed by atoms with Crippen molar-refractivity contribution in [3.8, 4) is 11.4 Å². The number of amides is 2. The fourth-order valence-electron chi connectivity index (χ4n) is 6.14. The van der Waals surface area contributed by atoms with Gasteiger partial charge in [-0.1, -0.05) is 15.9 Å². The molecule has 1 N–H and O–H groups in total. The summed E-state index contributed by atoms with van der Waals surface area (Å²) in [6, 6.07) is 2.56. The lowest BCUT2D eigenvalue weighted by Gasteiger charge is -2.37. The van der Waals surface area contributed by atoms with Crippen molar-refractivity contribution in [2.45, 2.75) is 76.5 Å². The molecule has 4 aromatic rings. The summed E-state index contributed by atoms with van der Waals surface area (Å²) >= 11 is 3.39. The second-order valence-electron chi connectivity index (χ2n) is 12.7. The maximum absolute atomic E-state index is 15.0. The van der Waals surface area contributed by atoms with Gasteiger partial charge in [0.1, 0.15) is 17.6 Å². The van der Waals surface area contributed by atoms with Gasteiger partial charge in [-0.15, -0.1) is 5.10 Å². The Hall–Kier alpha value is -4.12. The summed E-state index contributed by atoms with van der Waals surface area (Å²) in [5.41, 5.74) is -0.998. The molecule has 0 aliphatic carbocycles. The van der Waals surface area contributed by atoms with Crippen LogP contribution in [-0.4, -0.2) is 76.0 Å². The summed E-state index contributed by atoms with van der Waals surface area (Å²) in [5.74, 6) is -1.89. The van der Waals surface area contributed by atoms with Crippen molar-refractivity contribution in [3.63, 3.8) is 0 Å². The molecular weight excluding hydrogens is 702 g/mol. The molecule has 12 nitrogen and oxygen atoms in total. The summed E-state index contributed by atoms with van der Waals surface area (Å²) in [6.45, 7) is 3.78. The number of ether oxygens (including phenoxy) is 1. The largest absolute Gasteiger partial charge is 0.435 e. The lowest BCUT2D eigenvalue weighted by atomic mass is 9.95. The number of carbonyl (C=O) groups is 2. The molecule has 48 heavy (non-hydrogen) atoms. The first-order chi connectivity index (χ1) is 22.7. The molecule has 2 aliphatic rings. The minimum Gasteiger partial charge on any atom is -0.355 e. The van der Waals surface area contributed by atoms with Crippen LogP contribution in [0.1, 0.15) is 66.5 Å². The average Bonchev–Trinajstić information content (AvgIpc) is 3.78. The Balaban J connectivity index is 1.28. The van der Waals surface area contributed by atoms with E-state index >= 15 is 0 Å². The van der Waals surface area contributed by atoms with E-state index in [0.29, 0.717) is 35.0 Å². The molecular formula is C31H34BrF4N9O3. The summed E-state index contributed by atoms with van der Waals surface area (Å²) in [4.78, 5) is 30.5. The van der Waals surface area contributed by atoms with Crippen LogP contribution in [-0.2, 0) is 42.1 Å². The molecule has 6 rings (SSSR count). The first-order valence-electron chi connectivity index (χ1n) is 15.5. The van der Waals surface area contributed by atoms with Gasteiger partial charge in [0, 0.05) is 37.3 Å². The van der Waals surface area contributed by atoms with E-state index in [0.717, 1.165) is 23.6 Å². The van der Waals surface area contributed by atoms with E-state index in [1.54, 1.807) is 38.0 Å². The predicted molar refractivity (Wildman–Crippen MR) is 167 cm³/mol. The van der Waals surface area contributed by atoms with Gasteiger partial charge in [-0.25, -0.2) is 4.39 Å². The monoisotopic (exact) mass is 735 g/mol. The lowest BCUT2D eigenvalue weighted by molar-refractivity contribution is -0.141. The van der Waals surface area contributed by atoms with Crippen molar-refractivity contribution in [1.29, 1.82) is 0 Å². The first-order valence-corrected chi connectivity index (χ1v) is 16.3. The van der Waals surface area contributed by atoms with Crippen molar-refractivity contribution in [1.82, 2.24) is 44.8 Å². The van der Waals surface area contributed by atoms with Crippen LogP contribution in [0.2, 0.25) is 0 Å². The Bertz CT molecular complexity index is 1830. The minimum absolute atomic E-state index is 0.0579. The van der Waals surface area contributed by atoms with Crippen LogP contribution in [0.4, 0.5) is 17.6 Å². The van der Waals surface area contributed by atoms with E-state index in [9.17, 15) is 27.2 Å².